The number of hydrogen-bond donors (Lipinski definition) is 3. The van der Waals surface area contributed by atoms with E-state index in [1.165, 1.54) is 18.2 Å². The summed E-state index contributed by atoms with van der Waals surface area (Å²) in [5, 5.41) is 27.1. The topological polar surface area (TPSA) is 77.8 Å². The molecule has 14 heavy (non-hydrogen) atoms. The normalized spacial score (nSPS) is 9.71. The Morgan fingerprint density at radius 1 is 1.43 bits per heavy atom. The molecule has 1 aromatic rings. The van der Waals surface area contributed by atoms with Crippen LogP contribution in [0.2, 0.25) is 0 Å². The van der Waals surface area contributed by atoms with Gasteiger partial charge in [-0.1, -0.05) is 18.7 Å². The van der Waals surface area contributed by atoms with Gasteiger partial charge in [0.1, 0.15) is 0 Å². The first kappa shape index (κ1) is 10.1. The quantitative estimate of drug-likeness (QED) is 0.635. The molecular weight excluding hydrogens is 184 g/mol. The molecule has 0 saturated heterocycles. The third-order valence-corrected chi connectivity index (χ3v) is 1.85. The standard InChI is InChI=1S/C10H10O4/c1-2-6-3-4-8(11)10(14)7(6)5-9(12)13/h2-4,11,14H,1,5H2,(H,12,13). The Labute approximate surface area is 80.7 Å². The van der Waals surface area contributed by atoms with Crippen LogP contribution in [0.4, 0.5) is 0 Å². The van der Waals surface area contributed by atoms with Gasteiger partial charge < -0.3 is 15.3 Å². The Hall–Kier alpha value is -1.97. The summed E-state index contributed by atoms with van der Waals surface area (Å²) in [5.74, 6) is -1.80. The van der Waals surface area contributed by atoms with Gasteiger partial charge in [0.25, 0.3) is 0 Å². The van der Waals surface area contributed by atoms with Crippen LogP contribution in [-0.2, 0) is 11.2 Å². The monoisotopic (exact) mass is 194 g/mol. The number of carboxylic acids is 1. The molecule has 0 fully saturated rings. The van der Waals surface area contributed by atoms with Gasteiger partial charge in [0.05, 0.1) is 6.42 Å². The lowest BCUT2D eigenvalue weighted by atomic mass is 10.0. The smallest absolute Gasteiger partial charge is 0.307 e. The third-order valence-electron chi connectivity index (χ3n) is 1.85. The summed E-state index contributed by atoms with van der Waals surface area (Å²) in [6, 6.07) is 2.79. The first-order valence-corrected chi connectivity index (χ1v) is 3.94. The molecule has 1 aromatic carbocycles. The van der Waals surface area contributed by atoms with Crippen LogP contribution in [0.15, 0.2) is 18.7 Å². The van der Waals surface area contributed by atoms with E-state index < -0.39 is 11.7 Å². The second-order valence-electron chi connectivity index (χ2n) is 2.78. The SMILES string of the molecule is C=Cc1ccc(O)c(O)c1CC(=O)O. The fraction of sp³-hybridized carbons (Fsp3) is 0.100. The van der Waals surface area contributed by atoms with Gasteiger partial charge in [-0.15, -0.1) is 0 Å². The lowest BCUT2D eigenvalue weighted by Gasteiger charge is -2.07. The Morgan fingerprint density at radius 2 is 2.07 bits per heavy atom. The summed E-state index contributed by atoms with van der Waals surface area (Å²) in [6.07, 6.45) is 1.08. The van der Waals surface area contributed by atoms with Crippen LogP contribution < -0.4 is 0 Å². The predicted octanol–water partition coefficient (Wildman–Crippen LogP) is 1.37. The second kappa shape index (κ2) is 3.83. The summed E-state index contributed by atoms with van der Waals surface area (Å²) in [6.45, 7) is 3.48. The van der Waals surface area contributed by atoms with Crippen molar-refractivity contribution in [2.24, 2.45) is 0 Å². The van der Waals surface area contributed by atoms with E-state index in [1.54, 1.807) is 0 Å². The van der Waals surface area contributed by atoms with Gasteiger partial charge in [-0.2, -0.15) is 0 Å². The number of carbonyl (C=O) groups is 1. The Morgan fingerprint density at radius 3 is 2.57 bits per heavy atom. The minimum absolute atomic E-state index is 0.174. The van der Waals surface area contributed by atoms with Crippen molar-refractivity contribution in [2.45, 2.75) is 6.42 Å². The number of hydrogen-bond acceptors (Lipinski definition) is 3. The molecule has 0 aliphatic heterocycles. The minimum atomic E-state index is -1.07. The molecule has 3 N–H and O–H groups in total. The Balaban J connectivity index is 3.27. The fourth-order valence-corrected chi connectivity index (χ4v) is 1.17. The number of rotatable bonds is 3. The number of phenols is 2. The van der Waals surface area contributed by atoms with Crippen molar-refractivity contribution in [2.75, 3.05) is 0 Å². The molecule has 74 valence electrons. The third kappa shape index (κ3) is 1.85. The molecule has 0 heterocycles. The van der Waals surface area contributed by atoms with Crippen LogP contribution >= 0.6 is 0 Å². The number of benzene rings is 1. The molecule has 0 spiro atoms. The molecule has 0 amide bonds. The van der Waals surface area contributed by atoms with Crippen molar-refractivity contribution in [3.8, 4) is 11.5 Å². The van der Waals surface area contributed by atoms with Gasteiger partial charge in [0.2, 0.25) is 0 Å². The zero-order chi connectivity index (χ0) is 10.7. The molecule has 0 unspecified atom stereocenters. The Bertz CT molecular complexity index is 382. The molecule has 0 aliphatic carbocycles. The number of aliphatic carboxylic acids is 1. The highest BCUT2D eigenvalue weighted by atomic mass is 16.4. The molecule has 1 rings (SSSR count). The van der Waals surface area contributed by atoms with E-state index in [-0.39, 0.29) is 17.7 Å². The molecule has 0 aromatic heterocycles. The Kier molecular flexibility index (Phi) is 2.76. The van der Waals surface area contributed by atoms with E-state index in [0.29, 0.717) is 5.56 Å². The maximum Gasteiger partial charge on any atom is 0.307 e. The van der Waals surface area contributed by atoms with Crippen LogP contribution in [-0.4, -0.2) is 21.3 Å². The van der Waals surface area contributed by atoms with E-state index in [2.05, 4.69) is 6.58 Å². The largest absolute Gasteiger partial charge is 0.504 e. The highest BCUT2D eigenvalue weighted by Crippen LogP contribution is 2.32. The average molecular weight is 194 g/mol. The fourth-order valence-electron chi connectivity index (χ4n) is 1.17. The molecular formula is C10H10O4. The van der Waals surface area contributed by atoms with E-state index in [9.17, 15) is 9.90 Å². The number of carboxylic acid groups (broad SMARTS) is 1. The first-order chi connectivity index (χ1) is 6.56. The predicted molar refractivity (Wildman–Crippen MR) is 51.2 cm³/mol. The lowest BCUT2D eigenvalue weighted by Crippen LogP contribution is -2.02. The van der Waals surface area contributed by atoms with Crippen molar-refractivity contribution in [3.63, 3.8) is 0 Å². The van der Waals surface area contributed by atoms with Crippen LogP contribution in [0.5, 0.6) is 11.5 Å². The van der Waals surface area contributed by atoms with Crippen molar-refractivity contribution in [3.05, 3.63) is 29.8 Å². The van der Waals surface area contributed by atoms with Crippen LogP contribution in [0.3, 0.4) is 0 Å². The summed E-state index contributed by atoms with van der Waals surface area (Å²) < 4.78 is 0. The van der Waals surface area contributed by atoms with Crippen LogP contribution in [0.1, 0.15) is 11.1 Å². The number of phenolic OH excluding ortho intramolecular Hbond substituents is 2. The van der Waals surface area contributed by atoms with Crippen LogP contribution in [0, 0.1) is 0 Å². The van der Waals surface area contributed by atoms with E-state index in [4.69, 9.17) is 10.2 Å². The molecule has 4 nitrogen and oxygen atoms in total. The first-order valence-electron chi connectivity index (χ1n) is 3.94. The van der Waals surface area contributed by atoms with Crippen molar-refractivity contribution in [1.82, 2.24) is 0 Å². The highest BCUT2D eigenvalue weighted by molar-refractivity contribution is 5.75. The van der Waals surface area contributed by atoms with Gasteiger partial charge in [-0.25, -0.2) is 0 Å². The average Bonchev–Trinajstić information content (AvgIpc) is 2.13. The molecule has 0 aliphatic rings. The van der Waals surface area contributed by atoms with Gasteiger partial charge in [-0.3, -0.25) is 4.79 Å². The van der Waals surface area contributed by atoms with Crippen molar-refractivity contribution in [1.29, 1.82) is 0 Å². The molecule has 0 radical (unpaired) electrons. The summed E-state index contributed by atoms with van der Waals surface area (Å²) in [5.41, 5.74) is 0.676. The van der Waals surface area contributed by atoms with Gasteiger partial charge >= 0.3 is 5.97 Å². The van der Waals surface area contributed by atoms with Crippen molar-refractivity contribution < 1.29 is 20.1 Å². The maximum atomic E-state index is 10.5. The van der Waals surface area contributed by atoms with Gasteiger partial charge in [0, 0.05) is 5.56 Å². The second-order valence-corrected chi connectivity index (χ2v) is 2.78. The molecule has 0 saturated carbocycles. The highest BCUT2D eigenvalue weighted by Gasteiger charge is 2.13. The maximum absolute atomic E-state index is 10.5. The number of aromatic hydroxyl groups is 2. The van der Waals surface area contributed by atoms with Gasteiger partial charge in [0.15, 0.2) is 11.5 Å². The molecule has 4 heteroatoms. The minimum Gasteiger partial charge on any atom is -0.504 e. The molecule has 0 atom stereocenters. The molecule has 0 bridgehead atoms. The van der Waals surface area contributed by atoms with E-state index >= 15 is 0 Å². The lowest BCUT2D eigenvalue weighted by molar-refractivity contribution is -0.136. The van der Waals surface area contributed by atoms with Crippen LogP contribution in [0.25, 0.3) is 6.08 Å². The summed E-state index contributed by atoms with van der Waals surface area (Å²) in [4.78, 5) is 10.5. The zero-order valence-corrected chi connectivity index (χ0v) is 7.40. The van der Waals surface area contributed by atoms with E-state index in [1.807, 2.05) is 0 Å². The van der Waals surface area contributed by atoms with E-state index in [0.717, 1.165) is 0 Å². The summed E-state index contributed by atoms with van der Waals surface area (Å²) >= 11 is 0. The van der Waals surface area contributed by atoms with Gasteiger partial charge in [-0.05, 0) is 11.6 Å². The summed E-state index contributed by atoms with van der Waals surface area (Å²) in [7, 11) is 0. The van der Waals surface area contributed by atoms with Crippen molar-refractivity contribution >= 4 is 12.0 Å². The zero-order valence-electron chi connectivity index (χ0n) is 7.40.